The van der Waals surface area contributed by atoms with Gasteiger partial charge in [0.2, 0.25) is 0 Å². The molecule has 27 heavy (non-hydrogen) atoms. The molecule has 1 aliphatic heterocycles. The number of aromatic nitrogens is 3. The number of imidazole rings is 1. The molecule has 0 atom stereocenters. The maximum absolute atomic E-state index is 12.9. The number of hydrogen-bond donors (Lipinski definition) is 0. The van der Waals surface area contributed by atoms with Crippen molar-refractivity contribution in [3.8, 4) is 5.75 Å². The normalized spacial score (nSPS) is 14.2. The third kappa shape index (κ3) is 3.02. The van der Waals surface area contributed by atoms with E-state index in [2.05, 4.69) is 30.4 Å². The van der Waals surface area contributed by atoms with E-state index in [0.717, 1.165) is 32.4 Å². The maximum atomic E-state index is 12.9. The second kappa shape index (κ2) is 7.01. The average molecular weight is 433 g/mol. The number of carbonyl (C=O) groups is 1. The third-order valence-corrected chi connectivity index (χ3v) is 5.43. The highest BCUT2D eigenvalue weighted by Crippen LogP contribution is 2.42. The van der Waals surface area contributed by atoms with Crippen molar-refractivity contribution in [3.63, 3.8) is 0 Å². The van der Waals surface area contributed by atoms with Crippen molar-refractivity contribution >= 4 is 32.8 Å². The molecule has 0 unspecified atom stereocenters. The van der Waals surface area contributed by atoms with Crippen LogP contribution >= 0.6 is 15.9 Å². The molecular formula is C19H21BrN4O3. The quantitative estimate of drug-likeness (QED) is 0.592. The number of nitrogens with zero attached hydrogens (tertiary/aromatic N) is 4. The lowest BCUT2D eigenvalue weighted by Gasteiger charge is -2.27. The first-order valence-corrected chi connectivity index (χ1v) is 9.57. The van der Waals surface area contributed by atoms with E-state index in [0.29, 0.717) is 32.0 Å². The zero-order valence-electron chi connectivity index (χ0n) is 15.5. The molecule has 0 saturated carbocycles. The van der Waals surface area contributed by atoms with Gasteiger partial charge in [-0.25, -0.2) is 9.78 Å². The molecule has 3 aromatic rings. The van der Waals surface area contributed by atoms with E-state index in [4.69, 9.17) is 9.47 Å². The Hall–Kier alpha value is -2.32. The van der Waals surface area contributed by atoms with Gasteiger partial charge in [-0.15, -0.1) is 0 Å². The average Bonchev–Trinajstić information content (AvgIpc) is 3.23. The number of esters is 1. The van der Waals surface area contributed by atoms with Gasteiger partial charge in [-0.1, -0.05) is 0 Å². The summed E-state index contributed by atoms with van der Waals surface area (Å²) in [5.41, 5.74) is 3.46. The van der Waals surface area contributed by atoms with Crippen LogP contribution in [0.1, 0.15) is 28.5 Å². The Kier molecular flexibility index (Phi) is 4.69. The lowest BCUT2D eigenvalue weighted by atomic mass is 10.0. The molecule has 0 N–H and O–H groups in total. The summed E-state index contributed by atoms with van der Waals surface area (Å²) in [6.07, 6.45) is 5.36. The molecule has 0 aliphatic carbocycles. The molecule has 0 amide bonds. The van der Waals surface area contributed by atoms with Crippen molar-refractivity contribution in [2.24, 2.45) is 7.05 Å². The molecule has 0 spiro atoms. The summed E-state index contributed by atoms with van der Waals surface area (Å²) in [4.78, 5) is 19.1. The highest BCUT2D eigenvalue weighted by molar-refractivity contribution is 9.10. The highest BCUT2D eigenvalue weighted by Gasteiger charge is 2.29. The van der Waals surface area contributed by atoms with Crippen LogP contribution in [0.2, 0.25) is 0 Å². The van der Waals surface area contributed by atoms with Gasteiger partial charge in [0, 0.05) is 36.9 Å². The number of halogens is 1. The Morgan fingerprint density at radius 2 is 2.22 bits per heavy atom. The molecule has 1 aliphatic rings. The summed E-state index contributed by atoms with van der Waals surface area (Å²) in [5.74, 6) is 0.488. The second-order valence-corrected chi connectivity index (χ2v) is 7.54. The summed E-state index contributed by atoms with van der Waals surface area (Å²) in [5, 5.41) is 0.899. The molecule has 2 aromatic heterocycles. The third-order valence-electron chi connectivity index (χ3n) is 4.85. The second-order valence-electron chi connectivity index (χ2n) is 6.68. The van der Waals surface area contributed by atoms with E-state index in [1.165, 1.54) is 0 Å². The molecular weight excluding hydrogens is 412 g/mol. The largest absolute Gasteiger partial charge is 0.477 e. The van der Waals surface area contributed by atoms with Crippen molar-refractivity contribution in [1.29, 1.82) is 0 Å². The van der Waals surface area contributed by atoms with Crippen LogP contribution in [0.25, 0.3) is 10.9 Å². The minimum absolute atomic E-state index is 0.309. The number of rotatable bonds is 4. The first-order valence-electron chi connectivity index (χ1n) is 8.78. The zero-order chi connectivity index (χ0) is 19.1. The molecule has 142 valence electrons. The van der Waals surface area contributed by atoms with Gasteiger partial charge in [0.1, 0.15) is 12.5 Å². The molecule has 3 heterocycles. The fourth-order valence-electron chi connectivity index (χ4n) is 3.63. The first kappa shape index (κ1) is 18.1. The monoisotopic (exact) mass is 432 g/mol. The molecule has 0 saturated heterocycles. The maximum Gasteiger partial charge on any atom is 0.340 e. The lowest BCUT2D eigenvalue weighted by Crippen LogP contribution is -2.28. The van der Waals surface area contributed by atoms with Crippen LogP contribution in [0.3, 0.4) is 0 Å². The Morgan fingerprint density at radius 3 is 2.93 bits per heavy atom. The van der Waals surface area contributed by atoms with Crippen LogP contribution in [0.5, 0.6) is 5.75 Å². The van der Waals surface area contributed by atoms with E-state index >= 15 is 0 Å². The molecule has 4 rings (SSSR count). The molecule has 0 bridgehead atoms. The molecule has 1 aromatic carbocycles. The van der Waals surface area contributed by atoms with Crippen molar-refractivity contribution in [2.45, 2.75) is 20.0 Å². The fourth-order valence-corrected chi connectivity index (χ4v) is 4.20. The minimum atomic E-state index is -0.309. The Morgan fingerprint density at radius 1 is 1.41 bits per heavy atom. The van der Waals surface area contributed by atoms with Gasteiger partial charge < -0.3 is 18.6 Å². The predicted molar refractivity (Wildman–Crippen MR) is 105 cm³/mol. The van der Waals surface area contributed by atoms with Crippen LogP contribution < -0.4 is 4.74 Å². The number of fused-ring (bicyclic) bond motifs is 3. The molecule has 0 fully saturated rings. The predicted octanol–water partition coefficient (Wildman–Crippen LogP) is 3.14. The van der Waals surface area contributed by atoms with Gasteiger partial charge in [0.25, 0.3) is 0 Å². The number of carbonyl (C=O) groups excluding carboxylic acids is 1. The van der Waals surface area contributed by atoms with Gasteiger partial charge in [0.05, 0.1) is 40.7 Å². The van der Waals surface area contributed by atoms with Gasteiger partial charge in [0.15, 0.2) is 0 Å². The fraction of sp³-hybridized carbons (Fsp3) is 0.368. The van der Waals surface area contributed by atoms with Crippen molar-refractivity contribution < 1.29 is 14.3 Å². The van der Waals surface area contributed by atoms with Crippen molar-refractivity contribution in [1.82, 2.24) is 19.0 Å². The minimum Gasteiger partial charge on any atom is -0.477 e. The number of ether oxygens (including phenoxy) is 2. The Balaban J connectivity index is 2.01. The van der Waals surface area contributed by atoms with Gasteiger partial charge in [-0.2, -0.15) is 0 Å². The smallest absolute Gasteiger partial charge is 0.340 e. The van der Waals surface area contributed by atoms with E-state index in [1.807, 2.05) is 37.8 Å². The first-order chi connectivity index (χ1) is 13.0. The lowest BCUT2D eigenvalue weighted by molar-refractivity contribution is 0.0526. The highest BCUT2D eigenvalue weighted by atomic mass is 79.9. The van der Waals surface area contributed by atoms with Gasteiger partial charge in [-0.05, 0) is 36.0 Å². The summed E-state index contributed by atoms with van der Waals surface area (Å²) in [6, 6.07) is 2.01. The summed E-state index contributed by atoms with van der Waals surface area (Å²) >= 11 is 3.63. The van der Waals surface area contributed by atoms with Crippen LogP contribution in [-0.4, -0.2) is 45.4 Å². The van der Waals surface area contributed by atoms with Gasteiger partial charge >= 0.3 is 5.97 Å². The van der Waals surface area contributed by atoms with Crippen LogP contribution in [0, 0.1) is 0 Å². The SMILES string of the molecule is CCOC(=O)c1c(Cn2ccnc2)n(C)c2cc(Br)c3c(c12)CN(C)CO3. The molecule has 8 heteroatoms. The van der Waals surface area contributed by atoms with E-state index in [1.54, 1.807) is 12.5 Å². The Labute approximate surface area is 165 Å². The number of benzene rings is 1. The van der Waals surface area contributed by atoms with Crippen LogP contribution in [0.4, 0.5) is 0 Å². The summed E-state index contributed by atoms with van der Waals surface area (Å²) in [7, 11) is 3.97. The Bertz CT molecular complexity index is 1010. The zero-order valence-corrected chi connectivity index (χ0v) is 17.1. The van der Waals surface area contributed by atoms with E-state index in [-0.39, 0.29) is 5.97 Å². The standard InChI is InChI=1S/C19H21BrN4O3/c1-4-26-19(25)17-15(9-24-6-5-21-10-24)23(3)14-7-13(20)18-12(16(14)17)8-22(2)11-27-18/h5-7,10H,4,8-9,11H2,1-3H3. The number of aryl methyl sites for hydroxylation is 1. The van der Waals surface area contributed by atoms with Crippen LogP contribution in [-0.2, 0) is 24.9 Å². The topological polar surface area (TPSA) is 61.5 Å². The van der Waals surface area contributed by atoms with Crippen molar-refractivity contribution in [3.05, 3.63) is 46.1 Å². The molecule has 0 radical (unpaired) electrons. The van der Waals surface area contributed by atoms with Gasteiger partial charge in [-0.3, -0.25) is 4.90 Å². The summed E-state index contributed by atoms with van der Waals surface area (Å²) < 4.78 is 16.2. The van der Waals surface area contributed by atoms with E-state index in [9.17, 15) is 4.79 Å². The van der Waals surface area contributed by atoms with Crippen molar-refractivity contribution in [2.75, 3.05) is 20.4 Å². The molecule has 7 nitrogen and oxygen atoms in total. The number of hydrogen-bond acceptors (Lipinski definition) is 5. The van der Waals surface area contributed by atoms with Crippen LogP contribution in [0.15, 0.2) is 29.3 Å². The van der Waals surface area contributed by atoms with E-state index < -0.39 is 0 Å². The summed E-state index contributed by atoms with van der Waals surface area (Å²) in [6.45, 7) is 3.89.